The second-order valence-electron chi connectivity index (χ2n) is 6.47. The molecule has 140 valence electrons. The summed E-state index contributed by atoms with van der Waals surface area (Å²) in [5.74, 6) is 0.383. The Labute approximate surface area is 166 Å². The minimum Gasteiger partial charge on any atom is -0.347 e. The molecule has 1 aliphatic heterocycles. The van der Waals surface area contributed by atoms with E-state index >= 15 is 0 Å². The summed E-state index contributed by atoms with van der Waals surface area (Å²) in [7, 11) is -3.43. The van der Waals surface area contributed by atoms with Crippen LogP contribution in [0, 0.1) is 5.92 Å². The Kier molecular flexibility index (Phi) is 6.17. The van der Waals surface area contributed by atoms with Crippen molar-refractivity contribution in [3.05, 3.63) is 51.3 Å². The fourth-order valence-corrected chi connectivity index (χ4v) is 6.24. The van der Waals surface area contributed by atoms with Crippen molar-refractivity contribution in [2.75, 3.05) is 13.1 Å². The fraction of sp³-hybridized carbons (Fsp3) is 0.389. The SMILES string of the molecule is CC1CCN(S(=O)(=O)c2ccc(CNC(=O)c3ccccc3Br)s2)CC1. The molecule has 0 atom stereocenters. The molecule has 0 bridgehead atoms. The smallest absolute Gasteiger partial charge is 0.252 e. The third kappa shape index (κ3) is 4.36. The Morgan fingerprint density at radius 1 is 1.23 bits per heavy atom. The molecule has 0 spiro atoms. The highest BCUT2D eigenvalue weighted by Gasteiger charge is 2.29. The highest BCUT2D eigenvalue weighted by molar-refractivity contribution is 9.10. The minimum absolute atomic E-state index is 0.194. The number of hydrogen-bond donors (Lipinski definition) is 1. The quantitative estimate of drug-likeness (QED) is 0.742. The van der Waals surface area contributed by atoms with Crippen molar-refractivity contribution in [2.45, 2.75) is 30.5 Å². The van der Waals surface area contributed by atoms with Crippen molar-refractivity contribution >= 4 is 43.2 Å². The van der Waals surface area contributed by atoms with Gasteiger partial charge in [-0.1, -0.05) is 19.1 Å². The van der Waals surface area contributed by atoms with Gasteiger partial charge < -0.3 is 5.32 Å². The number of thiophene rings is 1. The number of carbonyl (C=O) groups is 1. The number of sulfonamides is 1. The molecule has 0 aliphatic carbocycles. The second-order valence-corrected chi connectivity index (χ2v) is 10.7. The Morgan fingerprint density at radius 3 is 2.62 bits per heavy atom. The Bertz CT molecular complexity index is 887. The average molecular weight is 457 g/mol. The lowest BCUT2D eigenvalue weighted by Gasteiger charge is -2.28. The highest BCUT2D eigenvalue weighted by Crippen LogP contribution is 2.28. The van der Waals surface area contributed by atoms with Gasteiger partial charge in [-0.15, -0.1) is 11.3 Å². The molecule has 2 heterocycles. The normalized spacial score (nSPS) is 16.5. The minimum atomic E-state index is -3.43. The van der Waals surface area contributed by atoms with Gasteiger partial charge in [-0.2, -0.15) is 4.31 Å². The van der Waals surface area contributed by atoms with Gasteiger partial charge in [0.05, 0.1) is 12.1 Å². The van der Waals surface area contributed by atoms with E-state index in [1.54, 1.807) is 28.6 Å². The van der Waals surface area contributed by atoms with E-state index in [0.717, 1.165) is 22.2 Å². The van der Waals surface area contributed by atoms with E-state index in [4.69, 9.17) is 0 Å². The summed E-state index contributed by atoms with van der Waals surface area (Å²) in [6, 6.07) is 10.6. The first-order valence-electron chi connectivity index (χ1n) is 8.49. The summed E-state index contributed by atoms with van der Waals surface area (Å²) in [6.07, 6.45) is 1.80. The fourth-order valence-electron chi connectivity index (χ4n) is 2.85. The van der Waals surface area contributed by atoms with Gasteiger partial charge in [0.25, 0.3) is 15.9 Å². The zero-order valence-corrected chi connectivity index (χ0v) is 17.7. The second kappa shape index (κ2) is 8.21. The van der Waals surface area contributed by atoms with Gasteiger partial charge in [-0.25, -0.2) is 8.42 Å². The molecule has 0 radical (unpaired) electrons. The van der Waals surface area contributed by atoms with Crippen LogP contribution in [-0.4, -0.2) is 31.7 Å². The van der Waals surface area contributed by atoms with Gasteiger partial charge in [-0.3, -0.25) is 4.79 Å². The molecule has 1 fully saturated rings. The Balaban J connectivity index is 1.64. The van der Waals surface area contributed by atoms with Crippen LogP contribution in [0.15, 0.2) is 45.1 Å². The van der Waals surface area contributed by atoms with Gasteiger partial charge in [0, 0.05) is 22.4 Å². The molecule has 1 saturated heterocycles. The van der Waals surface area contributed by atoms with Crippen molar-refractivity contribution in [3.63, 3.8) is 0 Å². The molecular weight excluding hydrogens is 436 g/mol. The van der Waals surface area contributed by atoms with Crippen LogP contribution in [0.2, 0.25) is 0 Å². The molecule has 1 aromatic heterocycles. The predicted molar refractivity (Wildman–Crippen MR) is 107 cm³/mol. The van der Waals surface area contributed by atoms with Crippen LogP contribution in [0.4, 0.5) is 0 Å². The first-order chi connectivity index (χ1) is 12.4. The lowest BCUT2D eigenvalue weighted by atomic mass is 10.0. The molecule has 26 heavy (non-hydrogen) atoms. The molecule has 1 aromatic carbocycles. The summed E-state index contributed by atoms with van der Waals surface area (Å²) in [4.78, 5) is 13.1. The number of halogens is 1. The van der Waals surface area contributed by atoms with Gasteiger partial charge >= 0.3 is 0 Å². The molecule has 0 saturated carbocycles. The molecule has 1 aliphatic rings. The summed E-state index contributed by atoms with van der Waals surface area (Å²) in [5, 5.41) is 2.84. The van der Waals surface area contributed by atoms with Crippen molar-refractivity contribution in [3.8, 4) is 0 Å². The van der Waals surface area contributed by atoms with Gasteiger partial charge in [0.2, 0.25) is 0 Å². The number of piperidine rings is 1. The number of amides is 1. The number of nitrogens with zero attached hydrogens (tertiary/aromatic N) is 1. The van der Waals surface area contributed by atoms with E-state index in [1.807, 2.05) is 12.1 Å². The van der Waals surface area contributed by atoms with Gasteiger partial charge in [0.15, 0.2) is 0 Å². The Morgan fingerprint density at radius 2 is 1.92 bits per heavy atom. The molecule has 1 N–H and O–H groups in total. The molecule has 0 unspecified atom stereocenters. The first kappa shape index (κ1) is 19.5. The maximum Gasteiger partial charge on any atom is 0.252 e. The number of rotatable bonds is 5. The summed E-state index contributed by atoms with van der Waals surface area (Å²) >= 11 is 4.58. The van der Waals surface area contributed by atoms with Crippen LogP contribution in [-0.2, 0) is 16.6 Å². The molecule has 3 rings (SSSR count). The first-order valence-corrected chi connectivity index (χ1v) is 11.5. The van der Waals surface area contributed by atoms with Crippen LogP contribution in [0.5, 0.6) is 0 Å². The monoisotopic (exact) mass is 456 g/mol. The number of carbonyl (C=O) groups excluding carboxylic acids is 1. The Hall–Kier alpha value is -1.22. The van der Waals surface area contributed by atoms with Crippen LogP contribution in [0.25, 0.3) is 0 Å². The van der Waals surface area contributed by atoms with E-state index in [1.165, 1.54) is 11.3 Å². The zero-order chi connectivity index (χ0) is 18.7. The van der Waals surface area contributed by atoms with E-state index in [9.17, 15) is 13.2 Å². The molecule has 2 aromatic rings. The lowest BCUT2D eigenvalue weighted by molar-refractivity contribution is 0.0950. The van der Waals surface area contributed by atoms with E-state index in [0.29, 0.717) is 35.3 Å². The van der Waals surface area contributed by atoms with Crippen molar-refractivity contribution < 1.29 is 13.2 Å². The molecule has 5 nitrogen and oxygen atoms in total. The molecule has 8 heteroatoms. The standard InChI is InChI=1S/C18H21BrN2O3S2/c1-13-8-10-21(11-9-13)26(23,24)17-7-6-14(25-17)12-20-18(22)15-4-2-3-5-16(15)19/h2-7,13H,8-12H2,1H3,(H,20,22). The number of benzene rings is 1. The topological polar surface area (TPSA) is 66.5 Å². The van der Waals surface area contributed by atoms with E-state index in [-0.39, 0.29) is 5.91 Å². The van der Waals surface area contributed by atoms with Crippen LogP contribution in [0.3, 0.4) is 0 Å². The maximum atomic E-state index is 12.8. The summed E-state index contributed by atoms with van der Waals surface area (Å²) in [6.45, 7) is 3.61. The van der Waals surface area contributed by atoms with E-state index in [2.05, 4.69) is 28.2 Å². The van der Waals surface area contributed by atoms with Gasteiger partial charge in [-0.05, 0) is 59.0 Å². The zero-order valence-electron chi connectivity index (χ0n) is 14.4. The third-order valence-corrected chi connectivity index (χ3v) is 8.66. The van der Waals surface area contributed by atoms with E-state index < -0.39 is 10.0 Å². The number of nitrogens with one attached hydrogen (secondary N) is 1. The molecule has 1 amide bonds. The van der Waals surface area contributed by atoms with Crippen molar-refractivity contribution in [1.82, 2.24) is 9.62 Å². The highest BCUT2D eigenvalue weighted by atomic mass is 79.9. The van der Waals surface area contributed by atoms with Crippen molar-refractivity contribution in [1.29, 1.82) is 0 Å². The van der Waals surface area contributed by atoms with Crippen LogP contribution in [0.1, 0.15) is 35.0 Å². The molecular formula is C18H21BrN2O3S2. The summed E-state index contributed by atoms with van der Waals surface area (Å²) < 4.78 is 28.2. The number of hydrogen-bond acceptors (Lipinski definition) is 4. The van der Waals surface area contributed by atoms with Crippen molar-refractivity contribution in [2.24, 2.45) is 5.92 Å². The van der Waals surface area contributed by atoms with Crippen LogP contribution >= 0.6 is 27.3 Å². The predicted octanol–water partition coefficient (Wildman–Crippen LogP) is 3.86. The largest absolute Gasteiger partial charge is 0.347 e. The van der Waals surface area contributed by atoms with Gasteiger partial charge in [0.1, 0.15) is 4.21 Å². The third-order valence-electron chi connectivity index (χ3n) is 4.52. The van der Waals surface area contributed by atoms with Crippen LogP contribution < -0.4 is 5.32 Å². The maximum absolute atomic E-state index is 12.8. The lowest BCUT2D eigenvalue weighted by Crippen LogP contribution is -2.37. The average Bonchev–Trinajstić information content (AvgIpc) is 3.10. The summed E-state index contributed by atoms with van der Waals surface area (Å²) in [5.41, 5.74) is 0.555.